The third-order valence-electron chi connectivity index (χ3n) is 5.75. The molecule has 17 heteroatoms. The minimum atomic E-state index is -3.72. The number of nitrogens with two attached hydrogens (primary N) is 1. The molecule has 13 nitrogen and oxygen atoms in total. The van der Waals surface area contributed by atoms with E-state index in [-0.39, 0.29) is 35.3 Å². The number of fused-ring (bicyclic) bond motifs is 1. The molecule has 0 amide bonds. The SMILES string of the molecule is CCOc1nc(N)nc2c1ncn2[C@@H]1O[C@](F)(CO[P@](=S)(N[C@H](C)C(=O)OC(C)C)Oc2ccccc2)[C@@H](O)[C@@H]1F. The fraction of sp³-hybridized carbons (Fsp3) is 0.500. The van der Waals surface area contributed by atoms with Crippen LogP contribution in [0.3, 0.4) is 0 Å². The predicted molar refractivity (Wildman–Crippen MR) is 147 cm³/mol. The van der Waals surface area contributed by atoms with E-state index in [9.17, 15) is 9.90 Å². The third kappa shape index (κ3) is 6.90. The van der Waals surface area contributed by atoms with Crippen LogP contribution in [0.15, 0.2) is 36.7 Å². The monoisotopic (exact) mass is 616 g/mol. The molecule has 1 fully saturated rings. The Kier molecular flexibility index (Phi) is 9.41. The first-order valence-corrected chi connectivity index (χ1v) is 15.3. The van der Waals surface area contributed by atoms with Crippen LogP contribution in [0, 0.1) is 0 Å². The molecule has 3 heterocycles. The van der Waals surface area contributed by atoms with Crippen LogP contribution in [0.2, 0.25) is 0 Å². The number of benzene rings is 1. The van der Waals surface area contributed by atoms with Crippen molar-refractivity contribution < 1.29 is 41.9 Å². The summed E-state index contributed by atoms with van der Waals surface area (Å²) in [5, 5.41) is 13.3. The van der Waals surface area contributed by atoms with Crippen LogP contribution in [-0.2, 0) is 30.6 Å². The number of rotatable bonds is 12. The minimum Gasteiger partial charge on any atom is -0.476 e. The van der Waals surface area contributed by atoms with E-state index < -0.39 is 55.7 Å². The number of nitrogens with zero attached hydrogens (tertiary/aromatic N) is 4. The molecule has 1 aromatic carbocycles. The molecule has 0 bridgehead atoms. The van der Waals surface area contributed by atoms with Crippen LogP contribution < -0.4 is 20.1 Å². The van der Waals surface area contributed by atoms with Gasteiger partial charge in [0, 0.05) is 0 Å². The summed E-state index contributed by atoms with van der Waals surface area (Å²) < 4.78 is 60.0. The molecule has 0 saturated carbocycles. The van der Waals surface area contributed by atoms with E-state index in [1.807, 2.05) is 0 Å². The number of aliphatic hydroxyl groups is 1. The van der Waals surface area contributed by atoms with Gasteiger partial charge in [-0.05, 0) is 51.6 Å². The second-order valence-corrected chi connectivity index (χ2v) is 12.5. The number of nitrogens with one attached hydrogen (secondary N) is 1. The highest BCUT2D eigenvalue weighted by molar-refractivity contribution is 8.09. The first-order valence-electron chi connectivity index (χ1n) is 12.6. The quantitative estimate of drug-likeness (QED) is 0.201. The zero-order valence-electron chi connectivity index (χ0n) is 22.6. The van der Waals surface area contributed by atoms with Crippen molar-refractivity contribution in [1.29, 1.82) is 0 Å². The lowest BCUT2D eigenvalue weighted by Crippen LogP contribution is -2.43. The van der Waals surface area contributed by atoms with E-state index in [1.54, 1.807) is 51.1 Å². The molecule has 1 saturated heterocycles. The Labute approximate surface area is 239 Å². The van der Waals surface area contributed by atoms with Crippen LogP contribution in [0.4, 0.5) is 14.7 Å². The maximum Gasteiger partial charge on any atom is 0.323 e. The number of aromatic nitrogens is 4. The molecule has 4 N–H and O–H groups in total. The number of carbonyl (C=O) groups is 1. The van der Waals surface area contributed by atoms with Gasteiger partial charge < -0.3 is 34.1 Å². The van der Waals surface area contributed by atoms with Crippen molar-refractivity contribution in [1.82, 2.24) is 24.6 Å². The summed E-state index contributed by atoms with van der Waals surface area (Å²) in [5.41, 5.74) is 5.90. The van der Waals surface area contributed by atoms with Gasteiger partial charge in [0.15, 0.2) is 29.7 Å². The Hall–Kier alpha value is -3.01. The zero-order chi connectivity index (χ0) is 29.9. The van der Waals surface area contributed by atoms with Gasteiger partial charge in [-0.1, -0.05) is 18.2 Å². The van der Waals surface area contributed by atoms with Crippen LogP contribution in [0.5, 0.6) is 11.6 Å². The number of nitrogen functional groups attached to an aromatic ring is 1. The van der Waals surface area contributed by atoms with Crippen molar-refractivity contribution in [2.75, 3.05) is 18.9 Å². The highest BCUT2D eigenvalue weighted by Gasteiger charge is 2.58. The normalized spacial score (nSPS) is 24.7. The van der Waals surface area contributed by atoms with Crippen molar-refractivity contribution in [3.8, 4) is 11.6 Å². The molecular formula is C24H31F2N6O7PS. The summed E-state index contributed by atoms with van der Waals surface area (Å²) in [6, 6.07) is 7.23. The Morgan fingerprint density at radius 3 is 2.68 bits per heavy atom. The van der Waals surface area contributed by atoms with Gasteiger partial charge in [0.2, 0.25) is 11.8 Å². The van der Waals surface area contributed by atoms with Crippen LogP contribution in [-0.4, -0.2) is 74.1 Å². The van der Waals surface area contributed by atoms with Gasteiger partial charge in [0.05, 0.1) is 19.0 Å². The molecule has 0 aliphatic carbocycles. The number of imidazole rings is 1. The van der Waals surface area contributed by atoms with E-state index in [4.69, 9.17) is 40.8 Å². The van der Waals surface area contributed by atoms with Crippen molar-refractivity contribution in [3.63, 3.8) is 0 Å². The molecule has 0 unspecified atom stereocenters. The largest absolute Gasteiger partial charge is 0.476 e. The smallest absolute Gasteiger partial charge is 0.323 e. The lowest BCUT2D eigenvalue weighted by atomic mass is 10.1. The minimum absolute atomic E-state index is 0.00246. The Bertz CT molecular complexity index is 1420. The predicted octanol–water partition coefficient (Wildman–Crippen LogP) is 2.95. The number of carbonyl (C=O) groups excluding carboxylic acids is 1. The van der Waals surface area contributed by atoms with Gasteiger partial charge in [0.1, 0.15) is 18.4 Å². The molecule has 1 aliphatic rings. The molecular weight excluding hydrogens is 585 g/mol. The van der Waals surface area contributed by atoms with Gasteiger partial charge in [-0.15, -0.1) is 0 Å². The van der Waals surface area contributed by atoms with Gasteiger partial charge in [-0.2, -0.15) is 9.97 Å². The lowest BCUT2D eigenvalue weighted by molar-refractivity contribution is -0.202. The fourth-order valence-electron chi connectivity index (χ4n) is 3.90. The number of hydrogen-bond donors (Lipinski definition) is 3. The second kappa shape index (κ2) is 12.5. The molecule has 2 aromatic heterocycles. The molecule has 224 valence electrons. The van der Waals surface area contributed by atoms with E-state index in [0.29, 0.717) is 0 Å². The highest BCUT2D eigenvalue weighted by atomic mass is 32.5. The van der Waals surface area contributed by atoms with Gasteiger partial charge in [-0.25, -0.2) is 18.9 Å². The summed E-state index contributed by atoms with van der Waals surface area (Å²) in [5.74, 6) is -3.61. The molecule has 3 aromatic rings. The van der Waals surface area contributed by atoms with Gasteiger partial charge in [0.25, 0.3) is 5.85 Å². The van der Waals surface area contributed by atoms with Gasteiger partial charge in [-0.3, -0.25) is 9.36 Å². The number of alkyl halides is 2. The number of halogens is 2. The molecule has 0 spiro atoms. The van der Waals surface area contributed by atoms with E-state index in [0.717, 1.165) is 10.9 Å². The standard InChI is InChI=1S/C24H31F2N6O7PS/c1-5-35-20-17-19(29-23(27)30-20)32(12-28-17)21-16(25)18(33)24(26,38-21)11-36-40(41,39-15-9-7-6-8-10-15)31-14(4)22(34)37-13(2)3/h6-10,12-14,16,18,21,33H,5,11H2,1-4H3,(H,31,41)(H2,27,29,30)/t14-,16+,18+,21-,24-,40-/m1/s1. The van der Waals surface area contributed by atoms with Crippen molar-refractivity contribution >= 4 is 41.5 Å². The lowest BCUT2D eigenvalue weighted by Gasteiger charge is -2.30. The summed E-state index contributed by atoms with van der Waals surface area (Å²) in [7, 11) is 0. The molecule has 41 heavy (non-hydrogen) atoms. The number of aliphatic hydroxyl groups excluding tert-OH is 1. The maximum absolute atomic E-state index is 16.1. The topological polar surface area (TPSA) is 165 Å². The van der Waals surface area contributed by atoms with Gasteiger partial charge >= 0.3 is 12.6 Å². The van der Waals surface area contributed by atoms with Crippen molar-refractivity contribution in [3.05, 3.63) is 36.7 Å². The molecule has 1 aliphatic heterocycles. The number of esters is 1. The molecule has 6 atom stereocenters. The molecule has 4 rings (SSSR count). The average Bonchev–Trinajstić information content (AvgIpc) is 3.42. The molecule has 0 radical (unpaired) electrons. The first-order chi connectivity index (χ1) is 19.4. The zero-order valence-corrected chi connectivity index (χ0v) is 24.4. The van der Waals surface area contributed by atoms with E-state index in [2.05, 4.69) is 20.0 Å². The second-order valence-electron chi connectivity index (χ2n) is 9.34. The van der Waals surface area contributed by atoms with Crippen LogP contribution >= 0.6 is 6.64 Å². The van der Waals surface area contributed by atoms with Crippen molar-refractivity contribution in [2.24, 2.45) is 0 Å². The number of para-hydroxylation sites is 1. The van der Waals surface area contributed by atoms with E-state index >= 15 is 8.78 Å². The number of anilines is 1. The third-order valence-corrected chi connectivity index (χ3v) is 8.23. The summed E-state index contributed by atoms with van der Waals surface area (Å²) in [6.45, 7) is 2.01. The average molecular weight is 617 g/mol. The number of ether oxygens (including phenoxy) is 3. The summed E-state index contributed by atoms with van der Waals surface area (Å²) >= 11 is 5.56. The Morgan fingerprint density at radius 1 is 1.32 bits per heavy atom. The Balaban J connectivity index is 1.57. The summed E-state index contributed by atoms with van der Waals surface area (Å²) in [4.78, 5) is 24.6. The fourth-order valence-corrected chi connectivity index (χ4v) is 6.29. The maximum atomic E-state index is 16.1. The van der Waals surface area contributed by atoms with Crippen LogP contribution in [0.25, 0.3) is 11.2 Å². The summed E-state index contributed by atoms with van der Waals surface area (Å²) in [6.07, 6.45) is -5.56. The van der Waals surface area contributed by atoms with Crippen LogP contribution in [0.1, 0.15) is 33.9 Å². The highest BCUT2D eigenvalue weighted by Crippen LogP contribution is 2.49. The number of hydrogen-bond acceptors (Lipinski definition) is 12. The van der Waals surface area contributed by atoms with E-state index in [1.165, 1.54) is 6.92 Å². The first kappa shape index (κ1) is 30.9. The Morgan fingerprint density at radius 2 is 2.02 bits per heavy atom. The van der Waals surface area contributed by atoms with Crippen molar-refractivity contribution in [2.45, 2.75) is 64.2 Å².